The largest absolute Gasteiger partial charge is 0.486 e. The van der Waals surface area contributed by atoms with Crippen LogP contribution in [-0.4, -0.2) is 77.9 Å². The van der Waals surface area contributed by atoms with Gasteiger partial charge in [0.2, 0.25) is 22.7 Å². The van der Waals surface area contributed by atoms with Gasteiger partial charge in [-0.15, -0.1) is 0 Å². The number of rotatable bonds is 6. The lowest BCUT2D eigenvalue weighted by molar-refractivity contribution is 0.0621. The molecule has 1 unspecified atom stereocenters. The van der Waals surface area contributed by atoms with Gasteiger partial charge in [-0.25, -0.2) is 9.97 Å². The van der Waals surface area contributed by atoms with Crippen molar-refractivity contribution < 1.29 is 40.8 Å². The molecule has 0 saturated carbocycles. The summed E-state index contributed by atoms with van der Waals surface area (Å²) >= 11 is 0. The fourth-order valence-corrected chi connectivity index (χ4v) is 8.47. The Labute approximate surface area is 333 Å². The number of aromatic nitrogens is 3. The highest BCUT2D eigenvalue weighted by atomic mass is 32.2. The summed E-state index contributed by atoms with van der Waals surface area (Å²) in [5.41, 5.74) is 8.21. The zero-order valence-electron chi connectivity index (χ0n) is 31.9. The predicted molar refractivity (Wildman–Crippen MR) is 214 cm³/mol. The average molecular weight is 802 g/mol. The molecule has 4 aromatic carbocycles. The molecular formula is C43H39N5O9S. The van der Waals surface area contributed by atoms with Crippen molar-refractivity contribution in [1.29, 1.82) is 5.26 Å². The van der Waals surface area contributed by atoms with Crippen molar-refractivity contribution in [2.24, 2.45) is 0 Å². The minimum atomic E-state index is -4.32. The predicted octanol–water partition coefficient (Wildman–Crippen LogP) is 7.49. The van der Waals surface area contributed by atoms with E-state index in [1.54, 1.807) is 31.2 Å². The SMILES string of the molecule is Cc1ccc(S(=O)(=O)O)c(C[C@@H]2COc3ccc4nc(C)oc4c3O2)c1.Cc1nc2ccc3c(c2o1)OC(CN1CC=C(c2c[nH]c4ccc(C#N)cc24)CC1)CO3. The van der Waals surface area contributed by atoms with Crippen molar-refractivity contribution in [3.63, 3.8) is 0 Å². The number of nitrogens with one attached hydrogen (secondary N) is 1. The van der Waals surface area contributed by atoms with E-state index in [2.05, 4.69) is 32.0 Å². The van der Waals surface area contributed by atoms with Gasteiger partial charge in [-0.05, 0) is 73.0 Å². The van der Waals surface area contributed by atoms with Gasteiger partial charge in [0, 0.05) is 62.6 Å². The highest BCUT2D eigenvalue weighted by molar-refractivity contribution is 7.85. The quantitative estimate of drug-likeness (QED) is 0.158. The van der Waals surface area contributed by atoms with Crippen LogP contribution in [0.25, 0.3) is 38.7 Å². The number of fused-ring (bicyclic) bond motifs is 7. The number of hydrogen-bond donors (Lipinski definition) is 2. The molecule has 2 N–H and O–H groups in total. The van der Waals surface area contributed by atoms with Crippen LogP contribution in [0.5, 0.6) is 23.0 Å². The van der Waals surface area contributed by atoms with Gasteiger partial charge < -0.3 is 32.8 Å². The van der Waals surface area contributed by atoms with Gasteiger partial charge in [-0.1, -0.05) is 23.8 Å². The smallest absolute Gasteiger partial charge is 0.294 e. The molecule has 0 bridgehead atoms. The Morgan fingerprint density at radius 1 is 0.879 bits per heavy atom. The van der Waals surface area contributed by atoms with Crippen molar-refractivity contribution >= 4 is 48.8 Å². The Hall–Kier alpha value is -6.34. The van der Waals surface area contributed by atoms with Crippen LogP contribution in [0.3, 0.4) is 0 Å². The molecule has 6 heterocycles. The molecule has 3 aromatic heterocycles. The summed E-state index contributed by atoms with van der Waals surface area (Å²) < 4.78 is 68.2. The molecule has 10 rings (SSSR count). The summed E-state index contributed by atoms with van der Waals surface area (Å²) in [6, 6.07) is 20.1. The summed E-state index contributed by atoms with van der Waals surface area (Å²) in [5, 5.41) is 10.3. The molecule has 0 fully saturated rings. The highest BCUT2D eigenvalue weighted by Crippen LogP contribution is 2.41. The maximum Gasteiger partial charge on any atom is 0.294 e. The van der Waals surface area contributed by atoms with Crippen LogP contribution < -0.4 is 18.9 Å². The monoisotopic (exact) mass is 801 g/mol. The third-order valence-corrected chi connectivity index (χ3v) is 11.4. The van der Waals surface area contributed by atoms with Gasteiger partial charge in [-0.3, -0.25) is 9.45 Å². The van der Waals surface area contributed by atoms with Crippen molar-refractivity contribution in [1.82, 2.24) is 19.9 Å². The van der Waals surface area contributed by atoms with Crippen LogP contribution in [-0.2, 0) is 16.5 Å². The Morgan fingerprint density at radius 2 is 1.55 bits per heavy atom. The average Bonchev–Trinajstić information content (AvgIpc) is 3.93. The first-order valence-corrected chi connectivity index (χ1v) is 20.3. The molecule has 0 radical (unpaired) electrons. The van der Waals surface area contributed by atoms with Gasteiger partial charge in [-0.2, -0.15) is 13.7 Å². The number of nitrogens with zero attached hydrogens (tertiary/aromatic N) is 4. The van der Waals surface area contributed by atoms with E-state index in [1.807, 2.05) is 50.4 Å². The molecule has 3 aliphatic heterocycles. The van der Waals surface area contributed by atoms with Gasteiger partial charge in [0.25, 0.3) is 10.1 Å². The Morgan fingerprint density at radius 3 is 2.19 bits per heavy atom. The molecule has 0 aliphatic carbocycles. The van der Waals surface area contributed by atoms with Crippen LogP contribution >= 0.6 is 0 Å². The fourth-order valence-electron chi connectivity index (χ4n) is 7.76. The lowest BCUT2D eigenvalue weighted by Crippen LogP contribution is -2.42. The first-order valence-electron chi connectivity index (χ1n) is 18.9. The molecule has 15 heteroatoms. The maximum absolute atomic E-state index is 11.6. The number of aromatic amines is 1. The molecule has 7 aromatic rings. The second-order valence-corrected chi connectivity index (χ2v) is 16.0. The van der Waals surface area contributed by atoms with Crippen molar-refractivity contribution in [2.75, 3.05) is 32.8 Å². The second kappa shape index (κ2) is 14.9. The topological polar surface area (TPSA) is 186 Å². The van der Waals surface area contributed by atoms with Gasteiger partial charge in [0.15, 0.2) is 23.3 Å². The minimum Gasteiger partial charge on any atom is -0.486 e. The van der Waals surface area contributed by atoms with E-state index < -0.39 is 16.2 Å². The zero-order valence-corrected chi connectivity index (χ0v) is 32.8. The second-order valence-electron chi connectivity index (χ2n) is 14.7. The number of nitriles is 1. The highest BCUT2D eigenvalue weighted by Gasteiger charge is 2.29. The van der Waals surface area contributed by atoms with E-state index in [0.29, 0.717) is 69.2 Å². The lowest BCUT2D eigenvalue weighted by atomic mass is 9.98. The Balaban J connectivity index is 0.000000154. The standard InChI is InChI=1S/C25H22N4O3.C18H17NO6S/c1-15-28-22-4-5-23-25(24(22)31-15)32-18(14-30-23)13-29-8-6-17(7-9-29)20-12-27-21-3-2-16(11-26)10-19(20)21;1-10-3-6-16(26(20,21)22)12(7-10)8-13-9-23-15-5-4-14-17(18(15)25-13)24-11(2)19-14/h2-6,10,12,18,27H,7-9,13-14H2,1H3;3-7,13H,8-9H2,1-2H3,(H,20,21,22)/t;13-/m.1/s1. The van der Waals surface area contributed by atoms with Gasteiger partial charge in [0.1, 0.15) is 36.5 Å². The van der Waals surface area contributed by atoms with Crippen LogP contribution in [0.4, 0.5) is 0 Å². The first-order chi connectivity index (χ1) is 28.0. The number of oxazole rings is 2. The molecule has 58 heavy (non-hydrogen) atoms. The third kappa shape index (κ3) is 7.33. The van der Waals surface area contributed by atoms with Crippen molar-refractivity contribution in [3.8, 4) is 29.1 Å². The summed E-state index contributed by atoms with van der Waals surface area (Å²) in [7, 11) is -4.32. The minimum absolute atomic E-state index is 0.0697. The summed E-state index contributed by atoms with van der Waals surface area (Å²) in [6.45, 7) is 8.76. The summed E-state index contributed by atoms with van der Waals surface area (Å²) in [5.74, 6) is 3.52. The number of aryl methyl sites for hydroxylation is 3. The summed E-state index contributed by atoms with van der Waals surface area (Å²) in [4.78, 5) is 14.2. The third-order valence-electron chi connectivity index (χ3n) is 10.4. The van der Waals surface area contributed by atoms with Crippen LogP contribution in [0.1, 0.15) is 40.5 Å². The van der Waals surface area contributed by atoms with Crippen LogP contribution in [0, 0.1) is 32.1 Å². The van der Waals surface area contributed by atoms with E-state index in [4.69, 9.17) is 27.8 Å². The fraction of sp³-hybridized carbons (Fsp3) is 0.279. The molecule has 2 atom stereocenters. The van der Waals surface area contributed by atoms with E-state index >= 15 is 0 Å². The van der Waals surface area contributed by atoms with E-state index in [0.717, 1.165) is 48.0 Å². The van der Waals surface area contributed by atoms with Gasteiger partial charge >= 0.3 is 0 Å². The van der Waals surface area contributed by atoms with E-state index in [9.17, 15) is 18.2 Å². The molecule has 3 aliphatic rings. The molecule has 296 valence electrons. The number of hydrogen-bond acceptors (Lipinski definition) is 12. The lowest BCUT2D eigenvalue weighted by Gasteiger charge is -2.32. The number of benzene rings is 4. The van der Waals surface area contributed by atoms with Crippen LogP contribution in [0.2, 0.25) is 0 Å². The molecule has 0 amide bonds. The number of ether oxygens (including phenoxy) is 4. The zero-order chi connectivity index (χ0) is 40.1. The van der Waals surface area contributed by atoms with E-state index in [1.165, 1.54) is 17.2 Å². The molecule has 14 nitrogen and oxygen atoms in total. The molecule has 0 spiro atoms. The normalized spacial score (nSPS) is 17.8. The van der Waals surface area contributed by atoms with Gasteiger partial charge in [0.05, 0.1) is 16.5 Å². The van der Waals surface area contributed by atoms with Crippen molar-refractivity contribution in [3.05, 3.63) is 107 Å². The molecular weight excluding hydrogens is 763 g/mol. The van der Waals surface area contributed by atoms with Crippen molar-refractivity contribution in [2.45, 2.75) is 50.7 Å². The maximum atomic E-state index is 11.6. The van der Waals surface area contributed by atoms with Crippen LogP contribution in [0.15, 0.2) is 86.7 Å². The summed E-state index contributed by atoms with van der Waals surface area (Å²) in [6.07, 6.45) is 5.04. The Kier molecular flexibility index (Phi) is 9.55. The number of H-pyrrole nitrogens is 1. The molecule has 0 saturated heterocycles. The first kappa shape index (κ1) is 37.2. The van der Waals surface area contributed by atoms with E-state index in [-0.39, 0.29) is 24.0 Å². The Bertz CT molecular complexity index is 2900.